The molecule has 0 saturated carbocycles. The van der Waals surface area contributed by atoms with E-state index in [0.29, 0.717) is 18.6 Å². The molecular formula is C19H31BN2O10P2S. The molecule has 0 bridgehead atoms. The summed E-state index contributed by atoms with van der Waals surface area (Å²) < 4.78 is 48.4. The summed E-state index contributed by atoms with van der Waals surface area (Å²) in [7, 11) is 2.24. The van der Waals surface area contributed by atoms with Crippen molar-refractivity contribution in [2.24, 2.45) is 0 Å². The van der Waals surface area contributed by atoms with Crippen LogP contribution >= 0.6 is 14.1 Å². The molecule has 16 heteroatoms. The van der Waals surface area contributed by atoms with E-state index in [-0.39, 0.29) is 13.0 Å². The minimum absolute atomic E-state index is 0.0987. The highest BCUT2D eigenvalue weighted by Crippen LogP contribution is 2.51. The van der Waals surface area contributed by atoms with Crippen molar-refractivity contribution >= 4 is 33.7 Å². The number of hydrogen-bond acceptors (Lipinski definition) is 11. The summed E-state index contributed by atoms with van der Waals surface area (Å²) in [6, 6.07) is -0.593. The van der Waals surface area contributed by atoms with E-state index in [1.807, 2.05) is 6.92 Å². The number of aromatic amines is 1. The van der Waals surface area contributed by atoms with Crippen molar-refractivity contribution in [3.05, 3.63) is 32.6 Å². The van der Waals surface area contributed by atoms with E-state index < -0.39 is 68.6 Å². The third-order valence-corrected chi connectivity index (χ3v) is 8.76. The molecule has 1 aromatic rings. The van der Waals surface area contributed by atoms with Gasteiger partial charge >= 0.3 is 13.3 Å². The molecule has 2 radical (unpaired) electrons. The topological polar surface area (TPSA) is 148 Å². The van der Waals surface area contributed by atoms with E-state index >= 15 is 0 Å². The standard InChI is InChI=1S/C19H31BN2O10P2S/c1-5-27-34(4,35)32-12-6-16(20)29-15(12)10-28-33(3,26)31-13-7-17(30-14(13)9-23)22-8-11(2)18(24)21-19(22)25/h8,12-17,23H,5-7,9-10H2,1-4H3,(H,21,24,25). The van der Waals surface area contributed by atoms with Gasteiger partial charge in [-0.3, -0.25) is 18.9 Å². The van der Waals surface area contributed by atoms with Crippen LogP contribution in [0.4, 0.5) is 0 Å². The van der Waals surface area contributed by atoms with Crippen LogP contribution in [0.15, 0.2) is 15.8 Å². The van der Waals surface area contributed by atoms with Gasteiger partial charge in [0.2, 0.25) is 0 Å². The van der Waals surface area contributed by atoms with Crippen LogP contribution in [0.1, 0.15) is 31.6 Å². The smallest absolute Gasteiger partial charge is 0.330 e. The van der Waals surface area contributed by atoms with E-state index in [1.54, 1.807) is 13.6 Å². The molecule has 3 rings (SSSR count). The average molecular weight is 552 g/mol. The summed E-state index contributed by atoms with van der Waals surface area (Å²) in [6.45, 7) is 3.71. The van der Waals surface area contributed by atoms with E-state index in [1.165, 1.54) is 17.4 Å². The molecule has 0 aliphatic carbocycles. The summed E-state index contributed by atoms with van der Waals surface area (Å²) in [5.74, 6) is 0. The molecule has 0 amide bonds. The lowest BCUT2D eigenvalue weighted by Gasteiger charge is -2.26. The largest absolute Gasteiger partial charge is 0.394 e. The quantitative estimate of drug-likeness (QED) is 0.299. The Morgan fingerprint density at radius 2 is 1.89 bits per heavy atom. The first-order chi connectivity index (χ1) is 16.3. The molecule has 0 aromatic carbocycles. The van der Waals surface area contributed by atoms with Crippen LogP contribution in [-0.2, 0) is 43.9 Å². The highest BCUT2D eigenvalue weighted by molar-refractivity contribution is 8.09. The number of ether oxygens (including phenoxy) is 2. The Bertz CT molecular complexity index is 1100. The summed E-state index contributed by atoms with van der Waals surface area (Å²) in [5.41, 5.74) is -0.850. The summed E-state index contributed by atoms with van der Waals surface area (Å²) in [6.07, 6.45) is -1.81. The molecular weight excluding hydrogens is 521 g/mol. The molecule has 2 saturated heterocycles. The molecule has 1 aromatic heterocycles. The van der Waals surface area contributed by atoms with Gasteiger partial charge in [0.25, 0.3) is 5.56 Å². The zero-order valence-corrected chi connectivity index (χ0v) is 22.6. The number of nitrogens with one attached hydrogen (secondary N) is 1. The first kappa shape index (κ1) is 28.9. The monoisotopic (exact) mass is 552 g/mol. The summed E-state index contributed by atoms with van der Waals surface area (Å²) in [4.78, 5) is 26.1. The van der Waals surface area contributed by atoms with E-state index in [9.17, 15) is 19.3 Å². The number of aliphatic hydroxyl groups is 1. The van der Waals surface area contributed by atoms with Crippen molar-refractivity contribution < 1.29 is 37.2 Å². The normalized spacial score (nSPS) is 32.4. The molecule has 0 spiro atoms. The van der Waals surface area contributed by atoms with Crippen molar-refractivity contribution in [2.45, 2.75) is 63.3 Å². The third kappa shape index (κ3) is 7.67. The Kier molecular flexibility index (Phi) is 9.76. The van der Waals surface area contributed by atoms with Crippen molar-refractivity contribution in [3.63, 3.8) is 0 Å². The predicted molar refractivity (Wildman–Crippen MR) is 132 cm³/mol. The van der Waals surface area contributed by atoms with Crippen LogP contribution < -0.4 is 11.2 Å². The van der Waals surface area contributed by atoms with Crippen LogP contribution in [0.5, 0.6) is 0 Å². The number of rotatable bonds is 11. The number of aliphatic hydroxyl groups excluding tert-OH is 1. The van der Waals surface area contributed by atoms with Gasteiger partial charge in [-0.2, -0.15) is 0 Å². The van der Waals surface area contributed by atoms with Crippen molar-refractivity contribution in [3.8, 4) is 0 Å². The van der Waals surface area contributed by atoms with Crippen LogP contribution in [0.25, 0.3) is 0 Å². The van der Waals surface area contributed by atoms with Gasteiger partial charge in [0.1, 0.15) is 26.3 Å². The van der Waals surface area contributed by atoms with E-state index in [2.05, 4.69) is 4.98 Å². The number of aryl methyl sites for hydroxylation is 1. The van der Waals surface area contributed by atoms with Crippen LogP contribution in [-0.4, -0.2) is 86.1 Å². The fraction of sp³-hybridized carbons (Fsp3) is 0.789. The van der Waals surface area contributed by atoms with Gasteiger partial charge in [0.15, 0.2) is 6.49 Å². The summed E-state index contributed by atoms with van der Waals surface area (Å²) >= 11 is 5.39. The van der Waals surface area contributed by atoms with Gasteiger partial charge in [0, 0.05) is 37.5 Å². The molecule has 2 aliphatic heterocycles. The van der Waals surface area contributed by atoms with Crippen molar-refractivity contribution in [1.29, 1.82) is 0 Å². The van der Waals surface area contributed by atoms with Crippen molar-refractivity contribution in [2.75, 3.05) is 33.2 Å². The predicted octanol–water partition coefficient (Wildman–Crippen LogP) is 0.994. The zero-order valence-electron chi connectivity index (χ0n) is 20.0. The van der Waals surface area contributed by atoms with Gasteiger partial charge in [-0.1, -0.05) is 0 Å². The Hall–Kier alpha value is -0.655. The minimum atomic E-state index is -3.66. The molecule has 196 valence electrons. The fourth-order valence-electron chi connectivity index (χ4n) is 3.95. The van der Waals surface area contributed by atoms with Gasteiger partial charge in [-0.05, 0) is 32.1 Å². The first-order valence-electron chi connectivity index (χ1n) is 11.1. The molecule has 35 heavy (non-hydrogen) atoms. The van der Waals surface area contributed by atoms with Gasteiger partial charge in [0.05, 0.1) is 32.0 Å². The third-order valence-electron chi connectivity index (χ3n) is 5.54. The SMILES string of the molecule is [B]C1CC(OP(C)(=S)OCC)C(COP(C)(=O)OC2CC(n3cc(C)c(=O)[nH]c3=O)OC2CO)O1. The molecule has 12 nitrogen and oxygen atoms in total. The molecule has 2 aliphatic rings. The second kappa shape index (κ2) is 11.8. The number of nitrogens with zero attached hydrogens (tertiary/aromatic N) is 1. The lowest BCUT2D eigenvalue weighted by molar-refractivity contribution is -0.0453. The minimum Gasteiger partial charge on any atom is -0.394 e. The molecule has 3 heterocycles. The van der Waals surface area contributed by atoms with E-state index in [4.69, 9.17) is 47.2 Å². The number of hydrogen-bond donors (Lipinski definition) is 2. The van der Waals surface area contributed by atoms with Gasteiger partial charge < -0.3 is 32.7 Å². The highest BCUT2D eigenvalue weighted by atomic mass is 32.5. The fourth-order valence-corrected chi connectivity index (χ4v) is 7.03. The Morgan fingerprint density at radius 3 is 2.54 bits per heavy atom. The Labute approximate surface area is 209 Å². The maximum atomic E-state index is 13.1. The molecule has 2 fully saturated rings. The van der Waals surface area contributed by atoms with Crippen LogP contribution in [0.2, 0.25) is 0 Å². The Morgan fingerprint density at radius 1 is 1.20 bits per heavy atom. The van der Waals surface area contributed by atoms with E-state index in [0.717, 1.165) is 0 Å². The maximum absolute atomic E-state index is 13.1. The zero-order chi connectivity index (χ0) is 26.0. The second-order valence-corrected chi connectivity index (χ2v) is 14.5. The van der Waals surface area contributed by atoms with Gasteiger partial charge in [-0.25, -0.2) is 4.79 Å². The first-order valence-corrected chi connectivity index (χ1v) is 16.2. The molecule has 8 unspecified atom stereocenters. The lowest BCUT2D eigenvalue weighted by atomic mass is 9.96. The second-order valence-electron chi connectivity index (χ2n) is 8.52. The molecule has 8 atom stereocenters. The highest BCUT2D eigenvalue weighted by Gasteiger charge is 2.42. The van der Waals surface area contributed by atoms with Crippen LogP contribution in [0.3, 0.4) is 0 Å². The maximum Gasteiger partial charge on any atom is 0.330 e. The molecule has 2 N–H and O–H groups in total. The summed E-state index contributed by atoms with van der Waals surface area (Å²) in [5, 5.41) is 9.73. The lowest BCUT2D eigenvalue weighted by Crippen LogP contribution is -2.33. The van der Waals surface area contributed by atoms with Crippen LogP contribution in [0, 0.1) is 6.92 Å². The average Bonchev–Trinajstić information content (AvgIpc) is 3.30. The number of aromatic nitrogens is 2. The van der Waals surface area contributed by atoms with Gasteiger partial charge in [-0.15, -0.1) is 0 Å². The Balaban J connectivity index is 1.63. The van der Waals surface area contributed by atoms with Crippen molar-refractivity contribution in [1.82, 2.24) is 9.55 Å². The number of H-pyrrole nitrogens is 1.